The first-order chi connectivity index (χ1) is 13.1. The molecule has 0 aliphatic carbocycles. The number of aromatic amines is 2. The molecule has 5 rings (SSSR count). The minimum atomic E-state index is -0.285. The van der Waals surface area contributed by atoms with Gasteiger partial charge in [-0.05, 0) is 30.7 Å². The molecule has 4 N–H and O–H groups in total. The van der Waals surface area contributed by atoms with Gasteiger partial charge in [0, 0.05) is 17.8 Å². The summed E-state index contributed by atoms with van der Waals surface area (Å²) < 4.78 is 1.26. The molecule has 5 aromatic rings. The van der Waals surface area contributed by atoms with Crippen LogP contribution in [0, 0.1) is 6.92 Å². The zero-order valence-electron chi connectivity index (χ0n) is 14.3. The second-order valence-corrected chi connectivity index (χ2v) is 6.20. The highest BCUT2D eigenvalue weighted by atomic mass is 16.1. The van der Waals surface area contributed by atoms with E-state index in [0.29, 0.717) is 22.6 Å². The van der Waals surface area contributed by atoms with E-state index in [4.69, 9.17) is 5.73 Å². The third-order valence-corrected chi connectivity index (χ3v) is 4.60. The Labute approximate surface area is 151 Å². The third kappa shape index (κ3) is 2.21. The van der Waals surface area contributed by atoms with Crippen LogP contribution in [0.2, 0.25) is 0 Å². The summed E-state index contributed by atoms with van der Waals surface area (Å²) in [5, 5.41) is 15.0. The van der Waals surface area contributed by atoms with Crippen LogP contribution in [0.25, 0.3) is 39.2 Å². The molecule has 0 aliphatic rings. The van der Waals surface area contributed by atoms with Gasteiger partial charge >= 0.3 is 0 Å². The number of nitrogens with zero attached hydrogens (tertiary/aromatic N) is 5. The molecule has 9 nitrogen and oxygen atoms in total. The Kier molecular flexibility index (Phi) is 3.11. The van der Waals surface area contributed by atoms with Gasteiger partial charge in [-0.3, -0.25) is 14.9 Å². The Hall–Kier alpha value is -4.01. The Balaban J connectivity index is 1.82. The summed E-state index contributed by atoms with van der Waals surface area (Å²) in [7, 11) is 0. The van der Waals surface area contributed by atoms with Crippen molar-refractivity contribution >= 4 is 22.5 Å². The smallest absolute Gasteiger partial charge is 0.274 e. The lowest BCUT2D eigenvalue weighted by molar-refractivity contribution is 0.906. The molecule has 0 saturated heterocycles. The molecule has 0 atom stereocenters. The Morgan fingerprint density at radius 2 is 2.07 bits per heavy atom. The van der Waals surface area contributed by atoms with E-state index in [1.807, 2.05) is 37.3 Å². The Morgan fingerprint density at radius 1 is 1.19 bits per heavy atom. The third-order valence-electron chi connectivity index (χ3n) is 4.60. The number of hydrogen-bond donors (Lipinski definition) is 3. The zero-order valence-corrected chi connectivity index (χ0v) is 14.3. The molecule has 4 aromatic heterocycles. The Bertz CT molecular complexity index is 1360. The number of hydrogen-bond acceptors (Lipinski definition) is 6. The number of pyridine rings is 1. The highest BCUT2D eigenvalue weighted by molar-refractivity contribution is 5.87. The van der Waals surface area contributed by atoms with Gasteiger partial charge in [-0.2, -0.15) is 4.52 Å². The summed E-state index contributed by atoms with van der Waals surface area (Å²) in [6.07, 6.45) is 1.67. The molecule has 0 spiro atoms. The molecule has 4 heterocycles. The fourth-order valence-electron chi connectivity index (χ4n) is 3.31. The molecule has 27 heavy (non-hydrogen) atoms. The lowest BCUT2D eigenvalue weighted by Gasteiger charge is -2.08. The van der Waals surface area contributed by atoms with Crippen molar-refractivity contribution in [3.63, 3.8) is 0 Å². The molecule has 0 bridgehead atoms. The van der Waals surface area contributed by atoms with Gasteiger partial charge in [-0.1, -0.05) is 17.3 Å². The van der Waals surface area contributed by atoms with Gasteiger partial charge in [0.05, 0.1) is 22.5 Å². The van der Waals surface area contributed by atoms with Crippen molar-refractivity contribution in [1.82, 2.24) is 35.0 Å². The van der Waals surface area contributed by atoms with Crippen molar-refractivity contribution in [2.24, 2.45) is 0 Å². The molecule has 9 heteroatoms. The Morgan fingerprint density at radius 3 is 2.89 bits per heavy atom. The van der Waals surface area contributed by atoms with Crippen molar-refractivity contribution in [2.45, 2.75) is 6.92 Å². The maximum Gasteiger partial charge on any atom is 0.274 e. The van der Waals surface area contributed by atoms with Gasteiger partial charge in [0.2, 0.25) is 0 Å². The number of aryl methyl sites for hydroxylation is 1. The molecule has 1 aromatic carbocycles. The maximum atomic E-state index is 12.7. The topological polar surface area (TPSA) is 131 Å². The first kappa shape index (κ1) is 15.3. The number of nitrogen functional groups attached to an aromatic ring is 1. The molecule has 0 aliphatic heterocycles. The van der Waals surface area contributed by atoms with Gasteiger partial charge in [0.1, 0.15) is 11.2 Å². The van der Waals surface area contributed by atoms with Crippen molar-refractivity contribution < 1.29 is 0 Å². The minimum absolute atomic E-state index is 0.239. The quantitative estimate of drug-likeness (QED) is 0.442. The molecule has 0 unspecified atom stereocenters. The van der Waals surface area contributed by atoms with Crippen LogP contribution in [0.5, 0.6) is 0 Å². The average Bonchev–Trinajstić information content (AvgIpc) is 3.27. The number of H-pyrrole nitrogens is 2. The van der Waals surface area contributed by atoms with Crippen molar-refractivity contribution in [3.05, 3.63) is 58.5 Å². The second-order valence-electron chi connectivity index (χ2n) is 6.20. The molecule has 132 valence electrons. The first-order valence-corrected chi connectivity index (χ1v) is 8.27. The van der Waals surface area contributed by atoms with E-state index in [1.54, 1.807) is 6.20 Å². The van der Waals surface area contributed by atoms with Crippen LogP contribution in [0.3, 0.4) is 0 Å². The number of aromatic nitrogens is 7. The SMILES string of the molecule is Cc1c(-c2cc(=O)n3nc(N)c(-c4ccccn4)c3[nH]2)ccc2[nH]nnc12. The van der Waals surface area contributed by atoms with Gasteiger partial charge in [-0.25, -0.2) is 0 Å². The fraction of sp³-hybridized carbons (Fsp3) is 0.0556. The first-order valence-electron chi connectivity index (χ1n) is 8.27. The van der Waals surface area contributed by atoms with Gasteiger partial charge in [0.15, 0.2) is 5.82 Å². The van der Waals surface area contributed by atoms with Crippen LogP contribution < -0.4 is 11.3 Å². The monoisotopic (exact) mass is 358 g/mol. The molecular weight excluding hydrogens is 344 g/mol. The maximum absolute atomic E-state index is 12.7. The number of rotatable bonds is 2. The molecule has 0 fully saturated rings. The van der Waals surface area contributed by atoms with Crippen LogP contribution in [-0.4, -0.2) is 35.0 Å². The van der Waals surface area contributed by atoms with E-state index >= 15 is 0 Å². The van der Waals surface area contributed by atoms with Crippen molar-refractivity contribution in [3.8, 4) is 22.5 Å². The minimum Gasteiger partial charge on any atom is -0.382 e. The average molecular weight is 358 g/mol. The van der Waals surface area contributed by atoms with E-state index < -0.39 is 0 Å². The number of nitrogens with one attached hydrogen (secondary N) is 2. The predicted octanol–water partition coefficient (Wildman–Crippen LogP) is 1.91. The summed E-state index contributed by atoms with van der Waals surface area (Å²) >= 11 is 0. The van der Waals surface area contributed by atoms with E-state index in [2.05, 4.69) is 30.5 Å². The van der Waals surface area contributed by atoms with Gasteiger partial charge in [-0.15, -0.1) is 10.2 Å². The second kappa shape index (κ2) is 5.49. The van der Waals surface area contributed by atoms with Crippen molar-refractivity contribution in [2.75, 3.05) is 5.73 Å². The van der Waals surface area contributed by atoms with Crippen LogP contribution in [-0.2, 0) is 0 Å². The number of anilines is 1. The molecule has 0 amide bonds. The highest BCUT2D eigenvalue weighted by Gasteiger charge is 2.18. The standard InChI is InChI=1S/C18H14N8O/c1-9-10(5-6-12-16(9)23-25-22-12)13-8-14(27)26-18(21-13)15(17(19)24-26)11-4-2-3-7-20-11/h2-8,21H,1H3,(H2,19,24)(H,22,23,25). The van der Waals surface area contributed by atoms with Crippen LogP contribution in [0.15, 0.2) is 47.4 Å². The largest absolute Gasteiger partial charge is 0.382 e. The van der Waals surface area contributed by atoms with Gasteiger partial charge in [0.25, 0.3) is 5.56 Å². The molecule has 0 radical (unpaired) electrons. The fourth-order valence-corrected chi connectivity index (χ4v) is 3.31. The van der Waals surface area contributed by atoms with Crippen LogP contribution in [0.1, 0.15) is 5.56 Å². The number of nitrogens with two attached hydrogens (primary N) is 1. The predicted molar refractivity (Wildman–Crippen MR) is 101 cm³/mol. The summed E-state index contributed by atoms with van der Waals surface area (Å²) in [6, 6.07) is 10.8. The molecule has 0 saturated carbocycles. The summed E-state index contributed by atoms with van der Waals surface area (Å²) in [5.74, 6) is 0.239. The summed E-state index contributed by atoms with van der Waals surface area (Å²) in [5.41, 5.74) is 11.5. The lowest BCUT2D eigenvalue weighted by Crippen LogP contribution is -2.14. The van der Waals surface area contributed by atoms with E-state index in [9.17, 15) is 4.79 Å². The lowest BCUT2D eigenvalue weighted by atomic mass is 10.0. The van der Waals surface area contributed by atoms with Crippen molar-refractivity contribution in [1.29, 1.82) is 0 Å². The van der Waals surface area contributed by atoms with E-state index in [1.165, 1.54) is 10.6 Å². The van der Waals surface area contributed by atoms with Crippen LogP contribution >= 0.6 is 0 Å². The van der Waals surface area contributed by atoms with E-state index in [0.717, 1.165) is 22.2 Å². The van der Waals surface area contributed by atoms with E-state index in [-0.39, 0.29) is 11.4 Å². The van der Waals surface area contributed by atoms with Crippen LogP contribution in [0.4, 0.5) is 5.82 Å². The highest BCUT2D eigenvalue weighted by Crippen LogP contribution is 2.30. The number of benzene rings is 1. The normalized spacial score (nSPS) is 11.4. The summed E-state index contributed by atoms with van der Waals surface area (Å²) in [4.78, 5) is 20.3. The van der Waals surface area contributed by atoms with Gasteiger partial charge < -0.3 is 10.7 Å². The number of fused-ring (bicyclic) bond motifs is 2. The summed E-state index contributed by atoms with van der Waals surface area (Å²) in [6.45, 7) is 1.94. The zero-order chi connectivity index (χ0) is 18.5. The molecular formula is C18H14N8O.